The molecule has 2 heterocycles. The summed E-state index contributed by atoms with van der Waals surface area (Å²) in [5.41, 5.74) is 6.38. The molecule has 0 saturated carbocycles. The predicted molar refractivity (Wildman–Crippen MR) is 70.0 cm³/mol. The molecule has 0 spiro atoms. The van der Waals surface area contributed by atoms with E-state index in [9.17, 15) is 4.79 Å². The average Bonchev–Trinajstić information content (AvgIpc) is 2.54. The Kier molecular flexibility index (Phi) is 3.53. The summed E-state index contributed by atoms with van der Waals surface area (Å²) in [6.07, 6.45) is 2.17. The molecule has 6 heteroatoms. The van der Waals surface area contributed by atoms with Gasteiger partial charge in [-0.15, -0.1) is 0 Å². The van der Waals surface area contributed by atoms with Crippen molar-refractivity contribution in [1.82, 2.24) is 10.3 Å². The maximum atomic E-state index is 11.2. The van der Waals surface area contributed by atoms with Gasteiger partial charge in [0.1, 0.15) is 10.8 Å². The number of carbonyl (C=O) groups excluding carboxylic acids is 1. The lowest BCUT2D eigenvalue weighted by molar-refractivity contribution is -0.120. The van der Waals surface area contributed by atoms with E-state index in [-0.39, 0.29) is 5.91 Å². The summed E-state index contributed by atoms with van der Waals surface area (Å²) in [6.45, 7) is 2.05. The molecular formula is C11H14N4OS. The Morgan fingerprint density at radius 2 is 2.35 bits per heavy atom. The molecule has 0 atom stereocenters. The fourth-order valence-electron chi connectivity index (χ4n) is 1.74. The highest BCUT2D eigenvalue weighted by Gasteiger charge is 2.15. The fraction of sp³-hybridized carbons (Fsp3) is 0.364. The first-order chi connectivity index (χ1) is 8.16. The van der Waals surface area contributed by atoms with Crippen molar-refractivity contribution >= 4 is 28.9 Å². The fourth-order valence-corrected chi connectivity index (χ4v) is 1.87. The molecule has 1 saturated heterocycles. The van der Waals surface area contributed by atoms with Gasteiger partial charge in [0.2, 0.25) is 5.91 Å². The summed E-state index contributed by atoms with van der Waals surface area (Å²) in [4.78, 5) is 17.9. The number of anilines is 1. The zero-order valence-electron chi connectivity index (χ0n) is 9.35. The number of hydrogen-bond donors (Lipinski definition) is 2. The lowest BCUT2D eigenvalue weighted by Gasteiger charge is -2.20. The van der Waals surface area contributed by atoms with Crippen molar-refractivity contribution in [3.8, 4) is 0 Å². The van der Waals surface area contributed by atoms with Gasteiger partial charge >= 0.3 is 0 Å². The second-order valence-corrected chi connectivity index (χ2v) is 4.29. The molecule has 0 bridgehead atoms. The third kappa shape index (κ3) is 2.91. The number of thiocarbonyl (C=S) groups is 1. The predicted octanol–water partition coefficient (Wildman–Crippen LogP) is 0.0421. The van der Waals surface area contributed by atoms with Crippen LogP contribution >= 0.6 is 12.2 Å². The van der Waals surface area contributed by atoms with Gasteiger partial charge in [-0.25, -0.2) is 4.98 Å². The smallest absolute Gasteiger partial charge is 0.221 e. The monoisotopic (exact) mass is 250 g/mol. The molecule has 0 aromatic carbocycles. The van der Waals surface area contributed by atoms with Crippen LogP contribution in [-0.4, -0.2) is 35.5 Å². The van der Waals surface area contributed by atoms with Crippen LogP contribution < -0.4 is 16.0 Å². The van der Waals surface area contributed by atoms with E-state index >= 15 is 0 Å². The Hall–Kier alpha value is -1.69. The molecule has 2 rings (SSSR count). The minimum atomic E-state index is 0.0815. The van der Waals surface area contributed by atoms with Crippen LogP contribution in [0.2, 0.25) is 0 Å². The molecule has 3 N–H and O–H groups in total. The lowest BCUT2D eigenvalue weighted by atomic mass is 10.2. The highest BCUT2D eigenvalue weighted by Crippen LogP contribution is 2.13. The number of aromatic nitrogens is 1. The van der Waals surface area contributed by atoms with Crippen LogP contribution in [0, 0.1) is 0 Å². The lowest BCUT2D eigenvalue weighted by Crippen LogP contribution is -2.29. The van der Waals surface area contributed by atoms with Crippen LogP contribution in [-0.2, 0) is 4.79 Å². The number of hydrogen-bond acceptors (Lipinski definition) is 4. The number of nitrogens with zero attached hydrogens (tertiary/aromatic N) is 2. The molecule has 1 aromatic heterocycles. The normalized spacial score (nSPS) is 16.2. The number of rotatable bonds is 2. The Labute approximate surface area is 105 Å². The van der Waals surface area contributed by atoms with Crippen LogP contribution in [0.4, 0.5) is 5.82 Å². The highest BCUT2D eigenvalue weighted by atomic mass is 32.1. The summed E-state index contributed by atoms with van der Waals surface area (Å²) in [7, 11) is 0. The maximum absolute atomic E-state index is 11.2. The largest absolute Gasteiger partial charge is 0.389 e. The van der Waals surface area contributed by atoms with E-state index in [1.807, 2.05) is 6.07 Å². The number of amides is 1. The molecule has 1 aliphatic heterocycles. The standard InChI is InChI=1S/C11H14N4OS/c12-11(17)8-1-3-13-9(7-8)15-5-2-10(16)14-4-6-15/h1,3,7H,2,4-6H2,(H2,12,17)(H,14,16). The number of carbonyl (C=O) groups is 1. The molecule has 0 aliphatic carbocycles. The van der Waals surface area contributed by atoms with E-state index in [1.165, 1.54) is 0 Å². The minimum absolute atomic E-state index is 0.0815. The topological polar surface area (TPSA) is 71.2 Å². The molecule has 1 aromatic rings. The average molecular weight is 250 g/mol. The van der Waals surface area contributed by atoms with E-state index in [1.54, 1.807) is 12.3 Å². The van der Waals surface area contributed by atoms with Gasteiger partial charge in [0, 0.05) is 37.8 Å². The molecule has 0 radical (unpaired) electrons. The zero-order chi connectivity index (χ0) is 12.3. The first-order valence-electron chi connectivity index (χ1n) is 5.44. The molecular weight excluding hydrogens is 236 g/mol. The third-order valence-electron chi connectivity index (χ3n) is 2.67. The Bertz CT molecular complexity index is 449. The van der Waals surface area contributed by atoms with Crippen LogP contribution in [0.5, 0.6) is 0 Å². The Morgan fingerprint density at radius 1 is 1.53 bits per heavy atom. The summed E-state index contributed by atoms with van der Waals surface area (Å²) >= 11 is 4.93. The van der Waals surface area contributed by atoms with Crippen molar-refractivity contribution < 1.29 is 4.79 Å². The van der Waals surface area contributed by atoms with E-state index in [0.29, 0.717) is 24.5 Å². The molecule has 1 amide bonds. The number of nitrogens with one attached hydrogen (secondary N) is 1. The third-order valence-corrected chi connectivity index (χ3v) is 2.90. The summed E-state index contributed by atoms with van der Waals surface area (Å²) in [6, 6.07) is 3.64. The van der Waals surface area contributed by atoms with E-state index < -0.39 is 0 Å². The minimum Gasteiger partial charge on any atom is -0.389 e. The first kappa shape index (κ1) is 11.8. The zero-order valence-corrected chi connectivity index (χ0v) is 10.2. The quantitative estimate of drug-likeness (QED) is 0.725. The van der Waals surface area contributed by atoms with E-state index in [2.05, 4.69) is 15.2 Å². The van der Waals surface area contributed by atoms with Crippen LogP contribution in [0.25, 0.3) is 0 Å². The number of pyridine rings is 1. The molecule has 90 valence electrons. The van der Waals surface area contributed by atoms with Gasteiger partial charge in [0.25, 0.3) is 0 Å². The van der Waals surface area contributed by atoms with Crippen molar-refractivity contribution in [3.63, 3.8) is 0 Å². The van der Waals surface area contributed by atoms with Crippen molar-refractivity contribution in [2.75, 3.05) is 24.5 Å². The molecule has 1 fully saturated rings. The Balaban J connectivity index is 2.18. The molecule has 1 aliphatic rings. The van der Waals surface area contributed by atoms with Crippen molar-refractivity contribution in [3.05, 3.63) is 23.9 Å². The van der Waals surface area contributed by atoms with Gasteiger partial charge in [-0.1, -0.05) is 12.2 Å². The van der Waals surface area contributed by atoms with Crippen molar-refractivity contribution in [2.24, 2.45) is 5.73 Å². The highest BCUT2D eigenvalue weighted by molar-refractivity contribution is 7.80. The summed E-state index contributed by atoms with van der Waals surface area (Å²) < 4.78 is 0. The summed E-state index contributed by atoms with van der Waals surface area (Å²) in [5.74, 6) is 0.893. The first-order valence-corrected chi connectivity index (χ1v) is 5.85. The van der Waals surface area contributed by atoms with Gasteiger partial charge in [0.15, 0.2) is 0 Å². The maximum Gasteiger partial charge on any atom is 0.221 e. The molecule has 0 unspecified atom stereocenters. The van der Waals surface area contributed by atoms with Crippen LogP contribution in [0.15, 0.2) is 18.3 Å². The second kappa shape index (κ2) is 5.09. The Morgan fingerprint density at radius 3 is 3.12 bits per heavy atom. The van der Waals surface area contributed by atoms with Crippen LogP contribution in [0.1, 0.15) is 12.0 Å². The van der Waals surface area contributed by atoms with Gasteiger partial charge in [-0.2, -0.15) is 0 Å². The SMILES string of the molecule is NC(=S)c1ccnc(N2CCNC(=O)CC2)c1. The van der Waals surface area contributed by atoms with Gasteiger partial charge < -0.3 is 16.0 Å². The number of nitrogens with two attached hydrogens (primary N) is 1. The van der Waals surface area contributed by atoms with Gasteiger partial charge in [-0.05, 0) is 12.1 Å². The van der Waals surface area contributed by atoms with Gasteiger partial charge in [0.05, 0.1) is 0 Å². The second-order valence-electron chi connectivity index (χ2n) is 3.85. The van der Waals surface area contributed by atoms with E-state index in [0.717, 1.165) is 17.9 Å². The van der Waals surface area contributed by atoms with Crippen molar-refractivity contribution in [1.29, 1.82) is 0 Å². The van der Waals surface area contributed by atoms with Crippen molar-refractivity contribution in [2.45, 2.75) is 6.42 Å². The van der Waals surface area contributed by atoms with Crippen LogP contribution in [0.3, 0.4) is 0 Å². The molecule has 17 heavy (non-hydrogen) atoms. The summed E-state index contributed by atoms with van der Waals surface area (Å²) in [5, 5.41) is 2.82. The molecule has 5 nitrogen and oxygen atoms in total. The van der Waals surface area contributed by atoms with E-state index in [4.69, 9.17) is 18.0 Å². The van der Waals surface area contributed by atoms with Gasteiger partial charge in [-0.3, -0.25) is 4.79 Å².